The van der Waals surface area contributed by atoms with Crippen molar-refractivity contribution in [3.63, 3.8) is 0 Å². The highest BCUT2D eigenvalue weighted by atomic mass is 15.2. The van der Waals surface area contributed by atoms with Crippen LogP contribution in [0.3, 0.4) is 0 Å². The number of fused-ring (bicyclic) bond motifs is 17. The summed E-state index contributed by atoms with van der Waals surface area (Å²) in [5.74, 6) is 0.664. The third-order valence-corrected chi connectivity index (χ3v) is 13.9. The van der Waals surface area contributed by atoms with Gasteiger partial charge in [0, 0.05) is 54.4 Å². The number of rotatable bonds is 2. The van der Waals surface area contributed by atoms with Crippen molar-refractivity contribution in [1.82, 2.24) is 19.1 Å². The molecule has 0 fully saturated rings. The van der Waals surface area contributed by atoms with Gasteiger partial charge in [0.05, 0.1) is 39.0 Å². The first-order chi connectivity index (χ1) is 30.0. The minimum Gasteiger partial charge on any atom is -0.308 e. The van der Waals surface area contributed by atoms with Crippen LogP contribution >= 0.6 is 0 Å². The summed E-state index contributed by atoms with van der Waals surface area (Å²) in [4.78, 5) is 11.2. The van der Waals surface area contributed by atoms with E-state index in [1.54, 1.807) is 0 Å². The van der Waals surface area contributed by atoms with Gasteiger partial charge in [-0.15, -0.1) is 0 Å². The maximum atomic E-state index is 5.64. The lowest BCUT2D eigenvalue weighted by atomic mass is 9.82. The Bertz CT molecular complexity index is 3920. The monoisotopic (exact) mass is 776 g/mol. The van der Waals surface area contributed by atoms with Gasteiger partial charge in [0.25, 0.3) is 0 Å². The summed E-state index contributed by atoms with van der Waals surface area (Å²) < 4.78 is 4.81. The maximum Gasteiger partial charge on any atom is 0.235 e. The second kappa shape index (κ2) is 11.7. The topological polar surface area (TPSA) is 35.6 Å². The van der Waals surface area contributed by atoms with Gasteiger partial charge in [0.2, 0.25) is 5.95 Å². The molecule has 1 aliphatic carbocycles. The molecule has 61 heavy (non-hydrogen) atoms. The van der Waals surface area contributed by atoms with E-state index < -0.39 is 0 Å². The van der Waals surface area contributed by atoms with E-state index in [1.807, 2.05) is 0 Å². The van der Waals surface area contributed by atoms with Crippen LogP contribution in [0.15, 0.2) is 182 Å². The van der Waals surface area contributed by atoms with Gasteiger partial charge in [0.15, 0.2) is 0 Å². The van der Waals surface area contributed by atoms with E-state index in [0.717, 1.165) is 44.0 Å². The Morgan fingerprint density at radius 1 is 0.393 bits per heavy atom. The molecule has 0 spiro atoms. The zero-order valence-electron chi connectivity index (χ0n) is 33.6. The summed E-state index contributed by atoms with van der Waals surface area (Å²) in [5.41, 5.74) is 18.9. The van der Waals surface area contributed by atoms with Gasteiger partial charge in [-0.3, -0.25) is 4.57 Å². The van der Waals surface area contributed by atoms with Gasteiger partial charge >= 0.3 is 0 Å². The first-order valence-corrected chi connectivity index (χ1v) is 21.2. The van der Waals surface area contributed by atoms with Crippen molar-refractivity contribution in [3.05, 3.63) is 193 Å². The number of hydrogen-bond donors (Lipinski definition) is 0. The minimum absolute atomic E-state index is 0.138. The quantitative estimate of drug-likeness (QED) is 0.164. The van der Waals surface area contributed by atoms with Gasteiger partial charge in [-0.05, 0) is 75.2 Å². The fraction of sp³-hybridized carbons (Fsp3) is 0.0526. The number of hydrogen-bond acceptors (Lipinski definition) is 2. The van der Waals surface area contributed by atoms with E-state index >= 15 is 0 Å². The lowest BCUT2D eigenvalue weighted by Gasteiger charge is -2.22. The Morgan fingerprint density at radius 3 is 1.90 bits per heavy atom. The molecule has 3 aromatic heterocycles. The first-order valence-electron chi connectivity index (χ1n) is 21.2. The Hall–Kier alpha value is -7.82. The summed E-state index contributed by atoms with van der Waals surface area (Å²) in [6.07, 6.45) is 0. The summed E-state index contributed by atoms with van der Waals surface area (Å²) in [7, 11) is 0. The molecule has 0 N–H and O–H groups in total. The van der Waals surface area contributed by atoms with Crippen molar-refractivity contribution in [2.24, 2.45) is 0 Å². The standard InChI is InChI=1S/C57H36N4/c1-57(2)47-23-10-7-18-38(47)39-28-27-34(30-48(39)57)53-44-29-26-33-14-3-4-15-35(33)54(44)59-56(58-53)61-50-25-12-9-20-41(50)45-31-51-46(32-52(45)61)43-22-13-21-42-37-17-6-5-16-36(37)40-19-8-11-24-49(40)60(51)55(42)43/h3-32H,1-2H3. The van der Waals surface area contributed by atoms with Crippen molar-refractivity contribution in [3.8, 4) is 56.3 Å². The molecule has 0 amide bonds. The van der Waals surface area contributed by atoms with E-state index in [1.165, 1.54) is 82.8 Å². The lowest BCUT2D eigenvalue weighted by Crippen LogP contribution is -2.15. The van der Waals surface area contributed by atoms with Crippen LogP contribution in [-0.2, 0) is 5.41 Å². The van der Waals surface area contributed by atoms with Crippen LogP contribution in [0, 0.1) is 0 Å². The van der Waals surface area contributed by atoms with E-state index in [4.69, 9.17) is 9.97 Å². The van der Waals surface area contributed by atoms with Crippen molar-refractivity contribution >= 4 is 65.3 Å². The Morgan fingerprint density at radius 2 is 1.03 bits per heavy atom. The summed E-state index contributed by atoms with van der Waals surface area (Å²) >= 11 is 0. The number of benzene rings is 9. The molecule has 14 rings (SSSR count). The summed E-state index contributed by atoms with van der Waals surface area (Å²) in [6.45, 7) is 4.69. The Labute approximate surface area is 351 Å². The molecule has 0 bridgehead atoms. The molecular weight excluding hydrogens is 741 g/mol. The van der Waals surface area contributed by atoms with E-state index in [0.29, 0.717) is 5.95 Å². The molecule has 284 valence electrons. The van der Waals surface area contributed by atoms with Crippen LogP contribution in [0.2, 0.25) is 0 Å². The van der Waals surface area contributed by atoms with Crippen molar-refractivity contribution in [2.45, 2.75) is 19.3 Å². The lowest BCUT2D eigenvalue weighted by molar-refractivity contribution is 0.660. The molecule has 4 nitrogen and oxygen atoms in total. The predicted octanol–water partition coefficient (Wildman–Crippen LogP) is 14.6. The SMILES string of the molecule is CC1(C)c2ccccc2-c2ccc(-c3nc(-n4c5ccccc5c5cc6c(cc54)c4cccc5c4n6-c4ccccc4-c4ccccc4-5)nc4c3ccc3ccccc34)cc21. The smallest absolute Gasteiger partial charge is 0.235 e. The third-order valence-electron chi connectivity index (χ3n) is 13.9. The number of nitrogens with zero attached hydrogens (tertiary/aromatic N) is 4. The highest BCUT2D eigenvalue weighted by molar-refractivity contribution is 6.22. The van der Waals surface area contributed by atoms with Crippen LogP contribution in [0.4, 0.5) is 0 Å². The normalized spacial score (nSPS) is 13.5. The zero-order valence-corrected chi connectivity index (χ0v) is 33.6. The summed E-state index contributed by atoms with van der Waals surface area (Å²) in [6, 6.07) is 66.9. The molecule has 0 unspecified atom stereocenters. The summed E-state index contributed by atoms with van der Waals surface area (Å²) in [5, 5.41) is 8.09. The van der Waals surface area contributed by atoms with Crippen LogP contribution < -0.4 is 0 Å². The first kappa shape index (κ1) is 33.1. The average Bonchev–Trinajstić information content (AvgIpc) is 3.86. The molecule has 0 saturated heterocycles. The van der Waals surface area contributed by atoms with Gasteiger partial charge in [-0.1, -0.05) is 159 Å². The molecular formula is C57H36N4. The molecule has 12 aromatic rings. The molecule has 2 aliphatic rings. The maximum absolute atomic E-state index is 5.64. The van der Waals surface area contributed by atoms with Gasteiger partial charge in [-0.2, -0.15) is 0 Å². The average molecular weight is 777 g/mol. The van der Waals surface area contributed by atoms with Crippen LogP contribution in [-0.4, -0.2) is 19.1 Å². The van der Waals surface area contributed by atoms with Crippen LogP contribution in [0.1, 0.15) is 25.0 Å². The molecule has 4 heterocycles. The highest BCUT2D eigenvalue weighted by Gasteiger charge is 2.35. The second-order valence-electron chi connectivity index (χ2n) is 17.3. The Balaban J connectivity index is 1.09. The molecule has 4 heteroatoms. The fourth-order valence-electron chi connectivity index (χ4n) is 11.1. The van der Waals surface area contributed by atoms with Crippen molar-refractivity contribution in [1.29, 1.82) is 0 Å². The highest BCUT2D eigenvalue weighted by Crippen LogP contribution is 2.51. The van der Waals surface area contributed by atoms with Crippen LogP contribution in [0.5, 0.6) is 0 Å². The second-order valence-corrected chi connectivity index (χ2v) is 17.3. The Kier molecular flexibility index (Phi) is 6.33. The largest absolute Gasteiger partial charge is 0.308 e. The molecule has 9 aromatic carbocycles. The van der Waals surface area contributed by atoms with Crippen LogP contribution in [0.25, 0.3) is 122 Å². The van der Waals surface area contributed by atoms with E-state index in [9.17, 15) is 0 Å². The van der Waals surface area contributed by atoms with Gasteiger partial charge in [-0.25, -0.2) is 9.97 Å². The minimum atomic E-state index is -0.138. The van der Waals surface area contributed by atoms with Crippen molar-refractivity contribution < 1.29 is 0 Å². The van der Waals surface area contributed by atoms with E-state index in [-0.39, 0.29) is 5.41 Å². The molecule has 1 aliphatic heterocycles. The van der Waals surface area contributed by atoms with Gasteiger partial charge in [0.1, 0.15) is 0 Å². The predicted molar refractivity (Wildman–Crippen MR) is 253 cm³/mol. The van der Waals surface area contributed by atoms with Gasteiger partial charge < -0.3 is 4.57 Å². The number of aromatic nitrogens is 4. The van der Waals surface area contributed by atoms with E-state index in [2.05, 4.69) is 205 Å². The number of para-hydroxylation sites is 3. The molecule has 0 atom stereocenters. The molecule has 0 saturated carbocycles. The zero-order chi connectivity index (χ0) is 40.1. The third kappa shape index (κ3) is 4.28. The fourth-order valence-corrected chi connectivity index (χ4v) is 11.1. The molecule has 0 radical (unpaired) electrons. The van der Waals surface area contributed by atoms with Crippen molar-refractivity contribution in [2.75, 3.05) is 0 Å².